The first-order chi connectivity index (χ1) is 9.23. The molecule has 1 aromatic carbocycles. The molecule has 112 valence electrons. The molecular weight excluding hydrogens is 248 g/mol. The Morgan fingerprint density at radius 2 is 2.00 bits per heavy atom. The molecule has 0 radical (unpaired) electrons. The standard InChI is InChI=1S/C17H28N2O/c1-16(2,3)13-7-8-15-14(11-13)19(10-6-9-18)12-17(4,5)20-15/h7-8,11H,6,9-10,12,18H2,1-5H3. The Hall–Kier alpha value is -1.22. The van der Waals surface area contributed by atoms with Crippen molar-refractivity contribution in [2.75, 3.05) is 24.5 Å². The van der Waals surface area contributed by atoms with Crippen LogP contribution in [0.25, 0.3) is 0 Å². The van der Waals surface area contributed by atoms with Crippen molar-refractivity contribution in [3.8, 4) is 5.75 Å². The maximum Gasteiger partial charge on any atom is 0.143 e. The van der Waals surface area contributed by atoms with Gasteiger partial charge in [0.1, 0.15) is 11.4 Å². The Morgan fingerprint density at radius 3 is 2.60 bits per heavy atom. The van der Waals surface area contributed by atoms with Gasteiger partial charge in [-0.2, -0.15) is 0 Å². The van der Waals surface area contributed by atoms with Crippen molar-refractivity contribution >= 4 is 5.69 Å². The van der Waals surface area contributed by atoms with Gasteiger partial charge in [0, 0.05) is 6.54 Å². The van der Waals surface area contributed by atoms with Crippen molar-refractivity contribution in [2.24, 2.45) is 5.73 Å². The Bertz CT molecular complexity index is 474. The van der Waals surface area contributed by atoms with Gasteiger partial charge in [-0.1, -0.05) is 26.8 Å². The van der Waals surface area contributed by atoms with E-state index in [0.29, 0.717) is 0 Å². The molecule has 2 N–H and O–H groups in total. The summed E-state index contributed by atoms with van der Waals surface area (Å²) in [6.07, 6.45) is 1.01. The van der Waals surface area contributed by atoms with Gasteiger partial charge in [-0.3, -0.25) is 0 Å². The van der Waals surface area contributed by atoms with E-state index >= 15 is 0 Å². The molecule has 0 fully saturated rings. The first kappa shape index (κ1) is 15.2. The van der Waals surface area contributed by atoms with E-state index in [1.165, 1.54) is 11.3 Å². The minimum absolute atomic E-state index is 0.148. The summed E-state index contributed by atoms with van der Waals surface area (Å²) in [5.41, 5.74) is 8.24. The Morgan fingerprint density at radius 1 is 1.30 bits per heavy atom. The van der Waals surface area contributed by atoms with Gasteiger partial charge in [0.15, 0.2) is 0 Å². The number of rotatable bonds is 3. The molecule has 1 heterocycles. The van der Waals surface area contributed by atoms with Crippen molar-refractivity contribution in [1.29, 1.82) is 0 Å². The lowest BCUT2D eigenvalue weighted by Crippen LogP contribution is -2.47. The van der Waals surface area contributed by atoms with Crippen LogP contribution in [-0.2, 0) is 5.41 Å². The lowest BCUT2D eigenvalue weighted by atomic mass is 9.86. The number of ether oxygens (including phenoxy) is 1. The summed E-state index contributed by atoms with van der Waals surface area (Å²) < 4.78 is 6.12. The molecule has 0 aliphatic carbocycles. The minimum Gasteiger partial charge on any atom is -0.484 e. The highest BCUT2D eigenvalue weighted by Crippen LogP contribution is 2.39. The molecule has 0 aromatic heterocycles. The highest BCUT2D eigenvalue weighted by atomic mass is 16.5. The average Bonchev–Trinajstić information content (AvgIpc) is 2.33. The van der Waals surface area contributed by atoms with Crippen LogP contribution in [0.4, 0.5) is 5.69 Å². The number of benzene rings is 1. The van der Waals surface area contributed by atoms with E-state index in [-0.39, 0.29) is 11.0 Å². The van der Waals surface area contributed by atoms with Crippen LogP contribution in [0.5, 0.6) is 5.75 Å². The predicted molar refractivity (Wildman–Crippen MR) is 85.7 cm³/mol. The van der Waals surface area contributed by atoms with E-state index in [2.05, 4.69) is 57.7 Å². The third kappa shape index (κ3) is 3.26. The van der Waals surface area contributed by atoms with Crippen molar-refractivity contribution in [1.82, 2.24) is 0 Å². The number of nitrogens with zero attached hydrogens (tertiary/aromatic N) is 1. The zero-order chi connectivity index (χ0) is 15.0. The summed E-state index contributed by atoms with van der Waals surface area (Å²) >= 11 is 0. The largest absolute Gasteiger partial charge is 0.484 e. The highest BCUT2D eigenvalue weighted by Gasteiger charge is 2.32. The van der Waals surface area contributed by atoms with Gasteiger partial charge >= 0.3 is 0 Å². The first-order valence-corrected chi connectivity index (χ1v) is 7.51. The van der Waals surface area contributed by atoms with Crippen molar-refractivity contribution in [3.05, 3.63) is 23.8 Å². The van der Waals surface area contributed by atoms with Gasteiger partial charge in [-0.25, -0.2) is 0 Å². The molecule has 1 aromatic rings. The fourth-order valence-electron chi connectivity index (χ4n) is 2.67. The summed E-state index contributed by atoms with van der Waals surface area (Å²) in [7, 11) is 0. The second kappa shape index (κ2) is 5.28. The van der Waals surface area contributed by atoms with Gasteiger partial charge in [-0.15, -0.1) is 0 Å². The smallest absolute Gasteiger partial charge is 0.143 e. The van der Waals surface area contributed by atoms with Crippen molar-refractivity contribution in [2.45, 2.75) is 52.1 Å². The molecule has 1 aliphatic heterocycles. The summed E-state index contributed by atoms with van der Waals surface area (Å²) in [5, 5.41) is 0. The normalized spacial score (nSPS) is 17.6. The van der Waals surface area contributed by atoms with Crippen LogP contribution in [0.15, 0.2) is 18.2 Å². The van der Waals surface area contributed by atoms with Crippen molar-refractivity contribution in [3.63, 3.8) is 0 Å². The van der Waals surface area contributed by atoms with Gasteiger partial charge < -0.3 is 15.4 Å². The Labute approximate surface area is 123 Å². The molecule has 0 saturated carbocycles. The molecule has 3 heteroatoms. The van der Waals surface area contributed by atoms with Crippen LogP contribution in [0.1, 0.15) is 46.6 Å². The maximum absolute atomic E-state index is 6.12. The molecule has 0 unspecified atom stereocenters. The summed E-state index contributed by atoms with van der Waals surface area (Å²) in [5.74, 6) is 0.992. The van der Waals surface area contributed by atoms with Crippen LogP contribution >= 0.6 is 0 Å². The molecule has 2 rings (SSSR count). The van der Waals surface area contributed by atoms with E-state index < -0.39 is 0 Å². The van der Waals surface area contributed by atoms with E-state index in [9.17, 15) is 0 Å². The van der Waals surface area contributed by atoms with Crippen LogP contribution in [-0.4, -0.2) is 25.2 Å². The van der Waals surface area contributed by atoms with Gasteiger partial charge in [0.25, 0.3) is 0 Å². The minimum atomic E-state index is -0.148. The molecule has 1 aliphatic rings. The highest BCUT2D eigenvalue weighted by molar-refractivity contribution is 5.63. The molecule has 0 spiro atoms. The Balaban J connectivity index is 2.38. The lowest BCUT2D eigenvalue weighted by molar-refractivity contribution is 0.105. The predicted octanol–water partition coefficient (Wildman–Crippen LogP) is 3.31. The molecule has 20 heavy (non-hydrogen) atoms. The van der Waals surface area contributed by atoms with Crippen molar-refractivity contribution < 1.29 is 4.74 Å². The van der Waals surface area contributed by atoms with Crippen LogP contribution in [0.3, 0.4) is 0 Å². The molecular formula is C17H28N2O. The molecule has 0 saturated heterocycles. The Kier molecular flexibility index (Phi) is 4.01. The zero-order valence-corrected chi connectivity index (χ0v) is 13.5. The molecule has 0 atom stereocenters. The van der Waals surface area contributed by atoms with E-state index in [1.54, 1.807) is 0 Å². The first-order valence-electron chi connectivity index (χ1n) is 7.51. The van der Waals surface area contributed by atoms with E-state index in [4.69, 9.17) is 10.5 Å². The fraction of sp³-hybridized carbons (Fsp3) is 0.647. The number of anilines is 1. The monoisotopic (exact) mass is 276 g/mol. The van der Waals surface area contributed by atoms with Crippen LogP contribution in [0.2, 0.25) is 0 Å². The lowest BCUT2D eigenvalue weighted by Gasteiger charge is -2.41. The fourth-order valence-corrected chi connectivity index (χ4v) is 2.67. The molecule has 0 bridgehead atoms. The van der Waals surface area contributed by atoms with Crippen LogP contribution < -0.4 is 15.4 Å². The second-order valence-electron chi connectivity index (χ2n) is 7.36. The quantitative estimate of drug-likeness (QED) is 0.920. The topological polar surface area (TPSA) is 38.5 Å². The average molecular weight is 276 g/mol. The number of hydrogen-bond acceptors (Lipinski definition) is 3. The van der Waals surface area contributed by atoms with E-state index in [1.807, 2.05) is 0 Å². The number of nitrogens with two attached hydrogens (primary N) is 1. The maximum atomic E-state index is 6.12. The number of hydrogen-bond donors (Lipinski definition) is 1. The molecule has 3 nitrogen and oxygen atoms in total. The van der Waals surface area contributed by atoms with E-state index in [0.717, 1.165) is 31.8 Å². The molecule has 0 amide bonds. The van der Waals surface area contributed by atoms with Gasteiger partial charge in [0.05, 0.1) is 12.2 Å². The SMILES string of the molecule is CC1(C)CN(CCCN)c2cc(C(C)(C)C)ccc2O1. The summed E-state index contributed by atoms with van der Waals surface area (Å²) in [6, 6.07) is 6.58. The van der Waals surface area contributed by atoms with Gasteiger partial charge in [0.2, 0.25) is 0 Å². The summed E-state index contributed by atoms with van der Waals surface area (Å²) in [4.78, 5) is 2.42. The van der Waals surface area contributed by atoms with Crippen LogP contribution in [0, 0.1) is 0 Å². The third-order valence-electron chi connectivity index (χ3n) is 3.76. The van der Waals surface area contributed by atoms with Gasteiger partial charge in [-0.05, 0) is 49.9 Å². The summed E-state index contributed by atoms with van der Waals surface area (Å²) in [6.45, 7) is 13.6. The third-order valence-corrected chi connectivity index (χ3v) is 3.76. The second-order valence-corrected chi connectivity index (χ2v) is 7.36. The zero-order valence-electron chi connectivity index (χ0n) is 13.5. The number of fused-ring (bicyclic) bond motifs is 1.